The Balaban J connectivity index is 1.73. The van der Waals surface area contributed by atoms with Crippen molar-refractivity contribution >= 4 is 17.5 Å². The number of amides is 1. The van der Waals surface area contributed by atoms with Crippen molar-refractivity contribution in [3.8, 4) is 5.75 Å². The highest BCUT2D eigenvalue weighted by Crippen LogP contribution is 2.36. The molecule has 8 heteroatoms. The Hall–Kier alpha value is -3.55. The molecule has 1 atom stereocenters. The van der Waals surface area contributed by atoms with Gasteiger partial charge in [0.15, 0.2) is 0 Å². The van der Waals surface area contributed by atoms with E-state index in [-0.39, 0.29) is 5.91 Å². The number of allylic oxidation sites excluding steroid dienone is 1. The van der Waals surface area contributed by atoms with Crippen LogP contribution in [0.1, 0.15) is 31.4 Å². The highest BCUT2D eigenvalue weighted by molar-refractivity contribution is 6.06. The van der Waals surface area contributed by atoms with Gasteiger partial charge in [-0.15, -0.1) is 0 Å². The van der Waals surface area contributed by atoms with Crippen LogP contribution in [0, 0.1) is 6.92 Å². The summed E-state index contributed by atoms with van der Waals surface area (Å²) in [6.07, 6.45) is 1.45. The molecular formula is C20H21N5O3. The minimum atomic E-state index is -0.522. The molecule has 2 N–H and O–H groups in total. The van der Waals surface area contributed by atoms with Gasteiger partial charge in [-0.25, -0.2) is 4.68 Å². The summed E-state index contributed by atoms with van der Waals surface area (Å²) in [4.78, 5) is 17.5. The van der Waals surface area contributed by atoms with E-state index in [9.17, 15) is 4.79 Å². The molecule has 3 heterocycles. The summed E-state index contributed by atoms with van der Waals surface area (Å²) in [5, 5.41) is 10.4. The summed E-state index contributed by atoms with van der Waals surface area (Å²) in [6, 6.07) is 10.5. The van der Waals surface area contributed by atoms with E-state index in [1.165, 1.54) is 6.33 Å². The third-order valence-corrected chi connectivity index (χ3v) is 4.50. The number of aromatic nitrogens is 3. The predicted molar refractivity (Wildman–Crippen MR) is 104 cm³/mol. The lowest BCUT2D eigenvalue weighted by molar-refractivity contribution is -0.113. The first-order valence-electron chi connectivity index (χ1n) is 9.05. The number of ether oxygens (including phenoxy) is 1. The van der Waals surface area contributed by atoms with Crippen LogP contribution in [0.15, 0.2) is 58.4 Å². The van der Waals surface area contributed by atoms with E-state index < -0.39 is 6.04 Å². The van der Waals surface area contributed by atoms with Crippen LogP contribution >= 0.6 is 0 Å². The summed E-state index contributed by atoms with van der Waals surface area (Å²) in [6.45, 7) is 6.11. The fourth-order valence-electron chi connectivity index (χ4n) is 3.29. The highest BCUT2D eigenvalue weighted by Gasteiger charge is 2.35. The molecule has 1 aromatic carbocycles. The lowest BCUT2D eigenvalue weighted by Gasteiger charge is -2.27. The average Bonchev–Trinajstić information content (AvgIpc) is 3.31. The number of rotatable bonds is 5. The Morgan fingerprint density at radius 1 is 1.29 bits per heavy atom. The lowest BCUT2D eigenvalue weighted by Crippen LogP contribution is -2.31. The highest BCUT2D eigenvalue weighted by atomic mass is 16.5. The molecule has 28 heavy (non-hydrogen) atoms. The third-order valence-electron chi connectivity index (χ3n) is 4.50. The number of nitrogens with one attached hydrogen (secondary N) is 2. The Morgan fingerprint density at radius 3 is 2.86 bits per heavy atom. The summed E-state index contributed by atoms with van der Waals surface area (Å²) < 4.78 is 13.1. The number of benzene rings is 1. The zero-order valence-electron chi connectivity index (χ0n) is 15.9. The van der Waals surface area contributed by atoms with Gasteiger partial charge in [-0.1, -0.05) is 12.1 Å². The molecule has 0 spiro atoms. The minimum absolute atomic E-state index is 0.266. The predicted octanol–water partition coefficient (Wildman–Crippen LogP) is 3.51. The van der Waals surface area contributed by atoms with Crippen molar-refractivity contribution in [3.05, 3.63) is 65.5 Å². The normalized spacial score (nSPS) is 15.8. The molecule has 1 aliphatic rings. The number of hydrogen-bond donors (Lipinski definition) is 2. The molecule has 1 aliphatic heterocycles. The molecule has 144 valence electrons. The minimum Gasteiger partial charge on any atom is -0.492 e. The standard InChI is InChI=1S/C20H21N5O3/c1-4-27-15-8-6-5-7-14(15)24-19(26)17-13(3)23-20-21-11-22-25(20)18(17)16-10-9-12(2)28-16/h5-11,18H,4H2,1-3H3,(H,24,26)(H,21,22,23)/t18-/m1/s1. The van der Waals surface area contributed by atoms with Crippen LogP contribution in [0.4, 0.5) is 11.6 Å². The summed E-state index contributed by atoms with van der Waals surface area (Å²) in [7, 11) is 0. The SMILES string of the molecule is CCOc1ccccc1NC(=O)C1=C(C)Nc2ncnn2[C@@H]1c1ccc(C)o1. The van der Waals surface area contributed by atoms with Gasteiger partial charge in [0, 0.05) is 5.70 Å². The quantitative estimate of drug-likeness (QED) is 0.705. The summed E-state index contributed by atoms with van der Waals surface area (Å²) >= 11 is 0. The van der Waals surface area contributed by atoms with Gasteiger partial charge in [0.2, 0.25) is 5.95 Å². The van der Waals surface area contributed by atoms with E-state index in [1.54, 1.807) is 4.68 Å². The second kappa shape index (κ2) is 7.22. The van der Waals surface area contributed by atoms with Gasteiger partial charge in [0.1, 0.15) is 29.6 Å². The molecule has 0 saturated carbocycles. The first-order valence-corrected chi connectivity index (χ1v) is 9.05. The summed E-state index contributed by atoms with van der Waals surface area (Å²) in [5.41, 5.74) is 1.79. The van der Waals surface area contributed by atoms with Crippen LogP contribution in [0.25, 0.3) is 0 Å². The monoisotopic (exact) mass is 379 g/mol. The third kappa shape index (κ3) is 3.13. The Kier molecular flexibility index (Phi) is 4.60. The zero-order valence-corrected chi connectivity index (χ0v) is 15.9. The van der Waals surface area contributed by atoms with Gasteiger partial charge in [-0.05, 0) is 45.0 Å². The molecular weight excluding hydrogens is 358 g/mol. The maximum absolute atomic E-state index is 13.3. The molecule has 0 radical (unpaired) electrons. The lowest BCUT2D eigenvalue weighted by atomic mass is 10.00. The molecule has 0 aliphatic carbocycles. The number of fused-ring (bicyclic) bond motifs is 1. The van der Waals surface area contributed by atoms with Crippen LogP contribution < -0.4 is 15.4 Å². The second-order valence-electron chi connectivity index (χ2n) is 6.43. The number of furan rings is 1. The molecule has 2 aromatic heterocycles. The van der Waals surface area contributed by atoms with Crippen LogP contribution in [-0.4, -0.2) is 27.3 Å². The Bertz CT molecular complexity index is 1050. The summed E-state index contributed by atoms with van der Waals surface area (Å²) in [5.74, 6) is 2.29. The Labute approximate surface area is 162 Å². The molecule has 4 rings (SSSR count). The van der Waals surface area contributed by atoms with Crippen LogP contribution in [-0.2, 0) is 4.79 Å². The second-order valence-corrected chi connectivity index (χ2v) is 6.43. The smallest absolute Gasteiger partial charge is 0.256 e. The fourth-order valence-corrected chi connectivity index (χ4v) is 3.29. The molecule has 1 amide bonds. The van der Waals surface area contributed by atoms with E-state index >= 15 is 0 Å². The van der Waals surface area contributed by atoms with Crippen molar-refractivity contribution in [2.24, 2.45) is 0 Å². The van der Waals surface area contributed by atoms with Gasteiger partial charge in [-0.3, -0.25) is 4.79 Å². The van der Waals surface area contributed by atoms with E-state index in [2.05, 4.69) is 20.7 Å². The van der Waals surface area contributed by atoms with Crippen LogP contribution in [0.3, 0.4) is 0 Å². The molecule has 0 saturated heterocycles. The fraction of sp³-hybridized carbons (Fsp3) is 0.250. The van der Waals surface area contributed by atoms with Gasteiger partial charge >= 0.3 is 0 Å². The van der Waals surface area contributed by atoms with Gasteiger partial charge in [0.05, 0.1) is 17.9 Å². The molecule has 0 bridgehead atoms. The number of aryl methyl sites for hydroxylation is 1. The van der Waals surface area contributed by atoms with E-state index in [0.717, 1.165) is 5.76 Å². The van der Waals surface area contributed by atoms with Crippen molar-refractivity contribution in [2.45, 2.75) is 26.8 Å². The van der Waals surface area contributed by atoms with E-state index in [0.29, 0.717) is 41.0 Å². The largest absolute Gasteiger partial charge is 0.492 e. The molecule has 8 nitrogen and oxygen atoms in total. The number of anilines is 2. The van der Waals surface area contributed by atoms with Crippen LogP contribution in [0.2, 0.25) is 0 Å². The molecule has 0 unspecified atom stereocenters. The van der Waals surface area contributed by atoms with Crippen molar-refractivity contribution in [1.29, 1.82) is 0 Å². The first-order chi connectivity index (χ1) is 13.6. The van der Waals surface area contributed by atoms with E-state index in [4.69, 9.17) is 9.15 Å². The number of hydrogen-bond acceptors (Lipinski definition) is 6. The van der Waals surface area contributed by atoms with Gasteiger partial charge < -0.3 is 19.8 Å². The van der Waals surface area contributed by atoms with Crippen molar-refractivity contribution < 1.29 is 13.9 Å². The molecule has 3 aromatic rings. The molecule has 0 fully saturated rings. The van der Waals surface area contributed by atoms with Crippen molar-refractivity contribution in [2.75, 3.05) is 17.2 Å². The zero-order chi connectivity index (χ0) is 19.7. The van der Waals surface area contributed by atoms with Crippen molar-refractivity contribution in [3.63, 3.8) is 0 Å². The number of carbonyl (C=O) groups is 1. The first kappa shape index (κ1) is 17.8. The van der Waals surface area contributed by atoms with E-state index in [1.807, 2.05) is 57.2 Å². The topological polar surface area (TPSA) is 94.2 Å². The van der Waals surface area contributed by atoms with Crippen molar-refractivity contribution in [1.82, 2.24) is 14.8 Å². The van der Waals surface area contributed by atoms with Gasteiger partial charge in [-0.2, -0.15) is 10.1 Å². The number of carbonyl (C=O) groups excluding carboxylic acids is 1. The Morgan fingerprint density at radius 2 is 2.11 bits per heavy atom. The average molecular weight is 379 g/mol. The number of para-hydroxylation sites is 2. The van der Waals surface area contributed by atoms with Crippen LogP contribution in [0.5, 0.6) is 5.75 Å². The maximum Gasteiger partial charge on any atom is 0.256 e. The maximum atomic E-state index is 13.3. The number of nitrogens with zero attached hydrogens (tertiary/aromatic N) is 3. The van der Waals surface area contributed by atoms with Gasteiger partial charge in [0.25, 0.3) is 5.91 Å².